The van der Waals surface area contributed by atoms with Crippen LogP contribution < -0.4 is 11.1 Å². The molecule has 2 aromatic rings. The van der Waals surface area contributed by atoms with E-state index in [2.05, 4.69) is 25.5 Å². The average molecular weight is 218 g/mol. The van der Waals surface area contributed by atoms with Crippen LogP contribution in [0.5, 0.6) is 0 Å². The molecule has 0 spiro atoms. The lowest BCUT2D eigenvalue weighted by Crippen LogP contribution is -2.02. The van der Waals surface area contributed by atoms with Gasteiger partial charge in [0.15, 0.2) is 0 Å². The molecule has 0 unspecified atom stereocenters. The molecule has 0 saturated heterocycles. The van der Waals surface area contributed by atoms with E-state index >= 15 is 0 Å². The van der Waals surface area contributed by atoms with Gasteiger partial charge in [-0.05, 0) is 31.5 Å². The van der Waals surface area contributed by atoms with Crippen LogP contribution in [0.2, 0.25) is 0 Å². The minimum atomic E-state index is 0.310. The van der Waals surface area contributed by atoms with Crippen molar-refractivity contribution in [2.45, 2.75) is 20.4 Å². The number of nitrogen functional groups attached to an aromatic ring is 1. The van der Waals surface area contributed by atoms with Crippen LogP contribution in [0.25, 0.3) is 0 Å². The summed E-state index contributed by atoms with van der Waals surface area (Å²) in [7, 11) is 0. The number of rotatable bonds is 3. The third-order valence-corrected chi connectivity index (χ3v) is 2.09. The van der Waals surface area contributed by atoms with Gasteiger partial charge in [0, 0.05) is 17.9 Å². The standard InChI is InChI=1S/C10H14N6/c1-6-3-8(4-7(2)13-6)5-12-10-14-9(11)15-16-10/h3-4H,5H2,1-2H3,(H4,11,12,14,15,16). The van der Waals surface area contributed by atoms with Crippen molar-refractivity contribution in [3.63, 3.8) is 0 Å². The van der Waals surface area contributed by atoms with E-state index in [1.807, 2.05) is 26.0 Å². The summed E-state index contributed by atoms with van der Waals surface area (Å²) in [6, 6.07) is 4.05. The van der Waals surface area contributed by atoms with Crippen LogP contribution in [0.4, 0.5) is 11.9 Å². The molecular formula is C10H14N6. The molecule has 0 aliphatic rings. The van der Waals surface area contributed by atoms with E-state index in [0.717, 1.165) is 17.0 Å². The van der Waals surface area contributed by atoms with Gasteiger partial charge in [0.05, 0.1) is 0 Å². The van der Waals surface area contributed by atoms with E-state index in [4.69, 9.17) is 5.73 Å². The summed E-state index contributed by atoms with van der Waals surface area (Å²) in [5.41, 5.74) is 8.57. The number of aromatic nitrogens is 4. The quantitative estimate of drug-likeness (QED) is 0.715. The lowest BCUT2D eigenvalue weighted by atomic mass is 10.2. The zero-order valence-corrected chi connectivity index (χ0v) is 9.28. The monoisotopic (exact) mass is 218 g/mol. The summed E-state index contributed by atoms with van der Waals surface area (Å²) in [6.07, 6.45) is 0. The molecule has 0 saturated carbocycles. The molecule has 0 aliphatic carbocycles. The molecule has 0 aromatic carbocycles. The van der Waals surface area contributed by atoms with Gasteiger partial charge in [0.1, 0.15) is 0 Å². The number of anilines is 2. The van der Waals surface area contributed by atoms with Gasteiger partial charge in [0.2, 0.25) is 11.9 Å². The second-order valence-corrected chi connectivity index (χ2v) is 3.66. The van der Waals surface area contributed by atoms with Gasteiger partial charge in [-0.15, -0.1) is 5.10 Å². The highest BCUT2D eigenvalue weighted by atomic mass is 15.3. The molecule has 6 nitrogen and oxygen atoms in total. The summed E-state index contributed by atoms with van der Waals surface area (Å²) in [5, 5.41) is 9.53. The number of nitrogens with one attached hydrogen (secondary N) is 2. The second kappa shape index (κ2) is 4.18. The Labute approximate surface area is 93.3 Å². The summed E-state index contributed by atoms with van der Waals surface area (Å²) in [4.78, 5) is 8.26. The zero-order chi connectivity index (χ0) is 11.5. The van der Waals surface area contributed by atoms with Crippen molar-refractivity contribution < 1.29 is 0 Å². The fourth-order valence-corrected chi connectivity index (χ4v) is 1.56. The molecule has 0 aliphatic heterocycles. The Bertz CT molecular complexity index is 470. The van der Waals surface area contributed by atoms with Crippen molar-refractivity contribution in [3.8, 4) is 0 Å². The van der Waals surface area contributed by atoms with E-state index in [1.54, 1.807) is 0 Å². The molecule has 0 radical (unpaired) electrons. The van der Waals surface area contributed by atoms with Crippen molar-refractivity contribution >= 4 is 11.9 Å². The molecule has 2 heterocycles. The predicted octanol–water partition coefficient (Wildman–Crippen LogP) is 1.01. The van der Waals surface area contributed by atoms with Crippen LogP contribution in [-0.4, -0.2) is 20.2 Å². The third-order valence-electron chi connectivity index (χ3n) is 2.09. The summed E-state index contributed by atoms with van der Waals surface area (Å²) in [6.45, 7) is 4.60. The van der Waals surface area contributed by atoms with Crippen molar-refractivity contribution in [1.29, 1.82) is 0 Å². The molecule has 16 heavy (non-hydrogen) atoms. The second-order valence-electron chi connectivity index (χ2n) is 3.66. The highest BCUT2D eigenvalue weighted by molar-refractivity contribution is 5.32. The van der Waals surface area contributed by atoms with Gasteiger partial charge in [-0.3, -0.25) is 4.98 Å². The Hall–Kier alpha value is -2.11. The molecule has 6 heteroatoms. The number of nitrogens with two attached hydrogens (primary N) is 1. The van der Waals surface area contributed by atoms with Crippen LogP contribution in [-0.2, 0) is 6.54 Å². The number of H-pyrrole nitrogens is 1. The number of pyridine rings is 1. The normalized spacial score (nSPS) is 10.4. The third kappa shape index (κ3) is 2.47. The summed E-state index contributed by atoms with van der Waals surface area (Å²) < 4.78 is 0. The molecule has 4 N–H and O–H groups in total. The van der Waals surface area contributed by atoms with E-state index < -0.39 is 0 Å². The first-order chi connectivity index (χ1) is 7.63. The lowest BCUT2D eigenvalue weighted by Gasteiger charge is -2.04. The Morgan fingerprint density at radius 1 is 1.25 bits per heavy atom. The van der Waals surface area contributed by atoms with E-state index in [0.29, 0.717) is 18.4 Å². The fraction of sp³-hybridized carbons (Fsp3) is 0.300. The summed E-state index contributed by atoms with van der Waals surface area (Å²) in [5.74, 6) is 0.814. The molecule has 0 bridgehead atoms. The van der Waals surface area contributed by atoms with E-state index in [9.17, 15) is 0 Å². The highest BCUT2D eigenvalue weighted by Gasteiger charge is 2.00. The van der Waals surface area contributed by atoms with Gasteiger partial charge >= 0.3 is 0 Å². The maximum absolute atomic E-state index is 5.42. The van der Waals surface area contributed by atoms with Crippen molar-refractivity contribution in [2.75, 3.05) is 11.1 Å². The molecule has 0 atom stereocenters. The first kappa shape index (κ1) is 10.4. The Balaban J connectivity index is 2.04. The lowest BCUT2D eigenvalue weighted by molar-refractivity contribution is 1.02. The molecule has 2 aromatic heterocycles. The van der Waals surface area contributed by atoms with Gasteiger partial charge < -0.3 is 11.1 Å². The van der Waals surface area contributed by atoms with Gasteiger partial charge in [-0.25, -0.2) is 5.10 Å². The molecule has 2 rings (SSSR count). The number of aryl methyl sites for hydroxylation is 2. The predicted molar refractivity (Wildman–Crippen MR) is 61.8 cm³/mol. The van der Waals surface area contributed by atoms with Gasteiger partial charge in [-0.1, -0.05) is 0 Å². The van der Waals surface area contributed by atoms with Crippen LogP contribution in [0.3, 0.4) is 0 Å². The van der Waals surface area contributed by atoms with Crippen LogP contribution >= 0.6 is 0 Å². The zero-order valence-electron chi connectivity index (χ0n) is 9.28. The van der Waals surface area contributed by atoms with Crippen LogP contribution in [0.1, 0.15) is 17.0 Å². The number of hydrogen-bond donors (Lipinski definition) is 3. The number of aromatic amines is 1. The Morgan fingerprint density at radius 2 is 1.94 bits per heavy atom. The largest absolute Gasteiger partial charge is 0.368 e. The van der Waals surface area contributed by atoms with Crippen LogP contribution in [0.15, 0.2) is 12.1 Å². The van der Waals surface area contributed by atoms with Crippen molar-refractivity contribution in [2.24, 2.45) is 0 Å². The molecule has 84 valence electrons. The van der Waals surface area contributed by atoms with Gasteiger partial charge in [-0.2, -0.15) is 4.98 Å². The Morgan fingerprint density at radius 3 is 2.50 bits per heavy atom. The first-order valence-corrected chi connectivity index (χ1v) is 4.99. The first-order valence-electron chi connectivity index (χ1n) is 4.99. The minimum Gasteiger partial charge on any atom is -0.368 e. The molecule has 0 fully saturated rings. The van der Waals surface area contributed by atoms with Gasteiger partial charge in [0.25, 0.3) is 0 Å². The Kier molecular flexibility index (Phi) is 2.72. The van der Waals surface area contributed by atoms with E-state index in [1.165, 1.54) is 0 Å². The maximum Gasteiger partial charge on any atom is 0.243 e. The SMILES string of the molecule is Cc1cc(CNc2n[nH]c(N)n2)cc(C)n1. The minimum absolute atomic E-state index is 0.310. The number of hydrogen-bond acceptors (Lipinski definition) is 5. The smallest absolute Gasteiger partial charge is 0.243 e. The van der Waals surface area contributed by atoms with Crippen molar-refractivity contribution in [3.05, 3.63) is 29.1 Å². The fourth-order valence-electron chi connectivity index (χ4n) is 1.56. The highest BCUT2D eigenvalue weighted by Crippen LogP contribution is 2.07. The maximum atomic E-state index is 5.42. The number of nitrogens with zero attached hydrogens (tertiary/aromatic N) is 3. The molecule has 0 amide bonds. The average Bonchev–Trinajstić information content (AvgIpc) is 2.60. The molecular weight excluding hydrogens is 204 g/mol. The van der Waals surface area contributed by atoms with E-state index in [-0.39, 0.29) is 0 Å². The summed E-state index contributed by atoms with van der Waals surface area (Å²) >= 11 is 0. The van der Waals surface area contributed by atoms with Crippen LogP contribution in [0, 0.1) is 13.8 Å². The topological polar surface area (TPSA) is 92.5 Å². The van der Waals surface area contributed by atoms with Crippen molar-refractivity contribution in [1.82, 2.24) is 20.2 Å².